The number of amides is 2. The molecule has 0 saturated carbocycles. The number of hydrogen-bond acceptors (Lipinski definition) is 6. The van der Waals surface area contributed by atoms with E-state index in [2.05, 4.69) is 20.9 Å². The van der Waals surface area contributed by atoms with Crippen molar-refractivity contribution >= 4 is 29.3 Å². The Balaban J connectivity index is 1.61. The van der Waals surface area contributed by atoms with Gasteiger partial charge in [0.2, 0.25) is 5.82 Å². The molecule has 4 rings (SSSR count). The molecular formula is C23H25N6O3+. The van der Waals surface area contributed by atoms with E-state index in [-0.39, 0.29) is 23.2 Å². The van der Waals surface area contributed by atoms with Crippen molar-refractivity contribution in [2.75, 3.05) is 31.2 Å². The summed E-state index contributed by atoms with van der Waals surface area (Å²) in [5, 5.41) is 8.58. The third-order valence-corrected chi connectivity index (χ3v) is 5.21. The van der Waals surface area contributed by atoms with Crippen LogP contribution in [0.25, 0.3) is 0 Å². The van der Waals surface area contributed by atoms with Crippen LogP contribution in [0.2, 0.25) is 0 Å². The van der Waals surface area contributed by atoms with E-state index in [0.717, 1.165) is 23.2 Å². The zero-order chi connectivity index (χ0) is 22.5. The van der Waals surface area contributed by atoms with Gasteiger partial charge >= 0.3 is 5.95 Å². The lowest BCUT2D eigenvalue weighted by Gasteiger charge is -2.17. The molecule has 0 aliphatic carbocycles. The molecule has 1 aromatic heterocycles. The SMILES string of the molecule is CNC(=O)c1cnc(Nc2ccc3c(c2)CCNC3=O)[n+](OCCc2ccccc2)c1N. The number of nitrogens with one attached hydrogen (secondary N) is 3. The van der Waals surface area contributed by atoms with E-state index < -0.39 is 0 Å². The first-order valence-electron chi connectivity index (χ1n) is 10.3. The molecular weight excluding hydrogens is 408 g/mol. The average Bonchev–Trinajstić information content (AvgIpc) is 2.81. The van der Waals surface area contributed by atoms with Gasteiger partial charge in [0.25, 0.3) is 11.8 Å². The number of hydrogen-bond donors (Lipinski definition) is 4. The molecule has 3 aromatic rings. The van der Waals surface area contributed by atoms with Crippen LogP contribution < -0.4 is 31.3 Å². The van der Waals surface area contributed by atoms with E-state index in [4.69, 9.17) is 10.6 Å². The Morgan fingerprint density at radius 3 is 2.84 bits per heavy atom. The number of nitrogen functional groups attached to an aromatic ring is 1. The molecule has 2 amide bonds. The van der Waals surface area contributed by atoms with Crippen molar-refractivity contribution in [1.29, 1.82) is 0 Å². The maximum Gasteiger partial charge on any atom is 0.388 e. The highest BCUT2D eigenvalue weighted by atomic mass is 16.7. The van der Waals surface area contributed by atoms with Crippen LogP contribution in [0.1, 0.15) is 31.8 Å². The van der Waals surface area contributed by atoms with Crippen LogP contribution >= 0.6 is 0 Å². The first-order valence-corrected chi connectivity index (χ1v) is 10.3. The van der Waals surface area contributed by atoms with Crippen molar-refractivity contribution in [2.24, 2.45) is 0 Å². The summed E-state index contributed by atoms with van der Waals surface area (Å²) < 4.78 is 1.33. The number of fused-ring (bicyclic) bond motifs is 1. The molecule has 0 saturated heterocycles. The van der Waals surface area contributed by atoms with Gasteiger partial charge in [0, 0.05) is 25.6 Å². The lowest BCUT2D eigenvalue weighted by Crippen LogP contribution is -2.50. The normalized spacial score (nSPS) is 12.5. The number of carbonyl (C=O) groups excluding carboxylic acids is 2. The second-order valence-electron chi connectivity index (χ2n) is 7.33. The Labute approximate surface area is 185 Å². The number of nitrogens with two attached hydrogens (primary N) is 1. The Morgan fingerprint density at radius 2 is 2.06 bits per heavy atom. The van der Waals surface area contributed by atoms with Gasteiger partial charge in [0.15, 0.2) is 0 Å². The molecule has 0 radical (unpaired) electrons. The molecule has 1 aliphatic rings. The fourth-order valence-electron chi connectivity index (χ4n) is 3.53. The summed E-state index contributed by atoms with van der Waals surface area (Å²) in [5.74, 6) is 0.0202. The minimum atomic E-state index is -0.359. The maximum absolute atomic E-state index is 12.2. The zero-order valence-corrected chi connectivity index (χ0v) is 17.7. The van der Waals surface area contributed by atoms with Gasteiger partial charge in [-0.15, -0.1) is 4.98 Å². The van der Waals surface area contributed by atoms with Crippen LogP contribution in [0, 0.1) is 0 Å². The topological polar surface area (TPSA) is 122 Å². The van der Waals surface area contributed by atoms with Gasteiger partial charge in [-0.2, -0.15) is 0 Å². The second kappa shape index (κ2) is 9.34. The van der Waals surface area contributed by atoms with E-state index in [0.29, 0.717) is 31.1 Å². The number of aromatic nitrogens is 2. The van der Waals surface area contributed by atoms with Gasteiger partial charge in [-0.3, -0.25) is 14.9 Å². The number of rotatable bonds is 7. The van der Waals surface area contributed by atoms with Crippen molar-refractivity contribution in [3.05, 3.63) is 77.0 Å². The van der Waals surface area contributed by atoms with Crippen LogP contribution in [0.3, 0.4) is 0 Å². The molecule has 2 aromatic carbocycles. The molecule has 0 bridgehead atoms. The van der Waals surface area contributed by atoms with E-state index >= 15 is 0 Å². The van der Waals surface area contributed by atoms with E-state index in [1.807, 2.05) is 36.4 Å². The Hall–Kier alpha value is -4.14. The molecule has 0 unspecified atom stereocenters. The van der Waals surface area contributed by atoms with E-state index in [9.17, 15) is 9.59 Å². The van der Waals surface area contributed by atoms with Crippen LogP contribution in [0.15, 0.2) is 54.7 Å². The van der Waals surface area contributed by atoms with Crippen LogP contribution in [0.4, 0.5) is 17.5 Å². The first kappa shape index (κ1) is 21.1. The minimum Gasteiger partial charge on any atom is -0.367 e. The lowest BCUT2D eigenvalue weighted by atomic mass is 10.00. The largest absolute Gasteiger partial charge is 0.388 e. The monoisotopic (exact) mass is 433 g/mol. The number of benzene rings is 2. The van der Waals surface area contributed by atoms with Gasteiger partial charge in [-0.05, 0) is 40.5 Å². The Bertz CT molecular complexity index is 1150. The van der Waals surface area contributed by atoms with Crippen molar-refractivity contribution in [1.82, 2.24) is 15.6 Å². The molecule has 2 heterocycles. The van der Waals surface area contributed by atoms with Gasteiger partial charge in [0.1, 0.15) is 18.4 Å². The quantitative estimate of drug-likeness (QED) is 0.413. The van der Waals surface area contributed by atoms with E-state index in [1.54, 1.807) is 12.1 Å². The summed E-state index contributed by atoms with van der Waals surface area (Å²) in [6, 6.07) is 15.4. The van der Waals surface area contributed by atoms with Crippen molar-refractivity contribution < 1.29 is 19.2 Å². The van der Waals surface area contributed by atoms with Crippen molar-refractivity contribution in [3.8, 4) is 0 Å². The highest BCUT2D eigenvalue weighted by Crippen LogP contribution is 2.21. The molecule has 0 fully saturated rings. The lowest BCUT2D eigenvalue weighted by molar-refractivity contribution is -0.870. The summed E-state index contributed by atoms with van der Waals surface area (Å²) in [4.78, 5) is 34.5. The summed E-state index contributed by atoms with van der Waals surface area (Å²) in [6.07, 6.45) is 2.81. The predicted octanol–water partition coefficient (Wildman–Crippen LogP) is 1.01. The van der Waals surface area contributed by atoms with Crippen molar-refractivity contribution in [3.63, 3.8) is 0 Å². The third-order valence-electron chi connectivity index (χ3n) is 5.21. The molecule has 9 nitrogen and oxygen atoms in total. The Kier molecular flexibility index (Phi) is 6.16. The number of nitrogens with zero attached hydrogens (tertiary/aromatic N) is 2. The second-order valence-corrected chi connectivity index (χ2v) is 7.33. The molecule has 164 valence electrons. The van der Waals surface area contributed by atoms with Gasteiger partial charge < -0.3 is 21.2 Å². The predicted molar refractivity (Wildman–Crippen MR) is 120 cm³/mol. The molecule has 0 atom stereocenters. The van der Waals surface area contributed by atoms with Gasteiger partial charge in [-0.25, -0.2) is 0 Å². The van der Waals surface area contributed by atoms with Gasteiger partial charge in [0.05, 0.1) is 5.69 Å². The minimum absolute atomic E-state index is 0.0746. The van der Waals surface area contributed by atoms with Crippen LogP contribution in [-0.2, 0) is 12.8 Å². The highest BCUT2D eigenvalue weighted by Gasteiger charge is 2.24. The number of anilines is 3. The summed E-state index contributed by atoms with van der Waals surface area (Å²) in [7, 11) is 1.53. The Morgan fingerprint density at radius 1 is 1.25 bits per heavy atom. The zero-order valence-electron chi connectivity index (χ0n) is 17.7. The van der Waals surface area contributed by atoms with Crippen molar-refractivity contribution in [2.45, 2.75) is 12.8 Å². The maximum atomic E-state index is 12.2. The molecule has 9 heteroatoms. The smallest absolute Gasteiger partial charge is 0.367 e. The highest BCUT2D eigenvalue weighted by molar-refractivity contribution is 5.98. The van der Waals surface area contributed by atoms with E-state index in [1.165, 1.54) is 18.0 Å². The number of carbonyl (C=O) groups is 2. The summed E-state index contributed by atoms with van der Waals surface area (Å²) in [5.41, 5.74) is 9.94. The standard InChI is InChI=1S/C23H24N6O3/c1-25-21(30)19-14-27-23(28-17-7-8-18-16(13-17)9-11-26-22(18)31)29(20(19)24)32-12-10-15-5-3-2-4-6-15/h2-8,13-14H,9-12H2,1H3,(H4,24,25,26,27,28,30,31)/p+1. The summed E-state index contributed by atoms with van der Waals surface area (Å²) >= 11 is 0. The molecule has 32 heavy (non-hydrogen) atoms. The van der Waals surface area contributed by atoms with Gasteiger partial charge in [-0.1, -0.05) is 30.3 Å². The molecule has 1 aliphatic heterocycles. The molecule has 5 N–H and O–H groups in total. The fourth-order valence-corrected chi connectivity index (χ4v) is 3.53. The van der Waals surface area contributed by atoms with Crippen LogP contribution in [-0.4, -0.2) is 37.0 Å². The molecule has 0 spiro atoms. The fraction of sp³-hybridized carbons (Fsp3) is 0.217. The average molecular weight is 433 g/mol. The third kappa shape index (κ3) is 4.46. The summed E-state index contributed by atoms with van der Waals surface area (Å²) in [6.45, 7) is 0.931. The van der Waals surface area contributed by atoms with Crippen LogP contribution in [0.5, 0.6) is 0 Å². The first-order chi connectivity index (χ1) is 15.6.